The van der Waals surface area contributed by atoms with Crippen molar-refractivity contribution in [3.63, 3.8) is 0 Å². The van der Waals surface area contributed by atoms with Crippen LogP contribution in [0.2, 0.25) is 0 Å². The Morgan fingerprint density at radius 2 is 2.20 bits per heavy atom. The van der Waals surface area contributed by atoms with E-state index in [-0.39, 0.29) is 11.9 Å². The first-order valence-electron chi connectivity index (χ1n) is 6.25. The molecule has 106 valence electrons. The van der Waals surface area contributed by atoms with Gasteiger partial charge in [0.2, 0.25) is 0 Å². The number of hydrogen-bond acceptors (Lipinski definition) is 5. The second-order valence-electron chi connectivity index (χ2n) is 4.69. The lowest BCUT2D eigenvalue weighted by Crippen LogP contribution is -2.29. The number of nitrogens with zero attached hydrogens (tertiary/aromatic N) is 3. The number of hydrazine groups is 1. The molecule has 1 aromatic carbocycles. The molecule has 2 rings (SSSR count). The van der Waals surface area contributed by atoms with Crippen molar-refractivity contribution in [2.45, 2.75) is 19.9 Å². The molecular weight excluding hydrogens is 256 g/mol. The molecular formula is C13H18N6O. The van der Waals surface area contributed by atoms with Gasteiger partial charge in [-0.3, -0.25) is 10.6 Å². The summed E-state index contributed by atoms with van der Waals surface area (Å²) in [6, 6.07) is 5.20. The molecule has 1 atom stereocenters. The van der Waals surface area contributed by atoms with E-state index in [1.807, 2.05) is 27.0 Å². The van der Waals surface area contributed by atoms with Crippen LogP contribution in [-0.2, 0) is 7.05 Å². The number of carbonyl (C=O) groups is 1. The number of nitrogens with two attached hydrogens (primary N) is 1. The van der Waals surface area contributed by atoms with E-state index < -0.39 is 0 Å². The van der Waals surface area contributed by atoms with Crippen molar-refractivity contribution in [2.24, 2.45) is 12.9 Å². The van der Waals surface area contributed by atoms with Gasteiger partial charge in [0.05, 0.1) is 17.3 Å². The van der Waals surface area contributed by atoms with Crippen molar-refractivity contribution in [2.75, 3.05) is 5.43 Å². The van der Waals surface area contributed by atoms with Crippen molar-refractivity contribution in [1.29, 1.82) is 0 Å². The highest BCUT2D eigenvalue weighted by Gasteiger charge is 2.17. The summed E-state index contributed by atoms with van der Waals surface area (Å²) in [6.45, 7) is 3.77. The summed E-state index contributed by atoms with van der Waals surface area (Å²) in [5.41, 5.74) is 4.60. The molecule has 4 N–H and O–H groups in total. The standard InChI is InChI=1S/C13H18N6O/c1-8-4-5-11(17-14)10(6-8)13(20)16-9(2)12-18-15-7-19(12)3/h4-7,9,17H,14H2,1-3H3,(H,16,20). The SMILES string of the molecule is Cc1ccc(NN)c(C(=O)NC(C)c2nncn2C)c1. The summed E-state index contributed by atoms with van der Waals surface area (Å²) in [5.74, 6) is 5.91. The van der Waals surface area contributed by atoms with Crippen molar-refractivity contribution >= 4 is 11.6 Å². The first kappa shape index (κ1) is 14.0. The molecule has 0 aliphatic carbocycles. The number of amides is 1. The Kier molecular flexibility index (Phi) is 3.99. The largest absolute Gasteiger partial charge is 0.342 e. The predicted octanol–water partition coefficient (Wildman–Crippen LogP) is 0.900. The highest BCUT2D eigenvalue weighted by atomic mass is 16.1. The van der Waals surface area contributed by atoms with Gasteiger partial charge in [-0.15, -0.1) is 10.2 Å². The highest BCUT2D eigenvalue weighted by Crippen LogP contribution is 2.17. The zero-order valence-electron chi connectivity index (χ0n) is 11.7. The number of benzene rings is 1. The van der Waals surface area contributed by atoms with Gasteiger partial charge < -0.3 is 15.3 Å². The maximum Gasteiger partial charge on any atom is 0.254 e. The third kappa shape index (κ3) is 2.77. The minimum atomic E-state index is -0.249. The van der Waals surface area contributed by atoms with Gasteiger partial charge in [-0.2, -0.15) is 0 Å². The van der Waals surface area contributed by atoms with Gasteiger partial charge in [-0.1, -0.05) is 11.6 Å². The average Bonchev–Trinajstić information content (AvgIpc) is 2.85. The lowest BCUT2D eigenvalue weighted by Gasteiger charge is -2.15. The zero-order valence-corrected chi connectivity index (χ0v) is 11.7. The van der Waals surface area contributed by atoms with E-state index in [9.17, 15) is 4.79 Å². The van der Waals surface area contributed by atoms with E-state index >= 15 is 0 Å². The Hall–Kier alpha value is -2.41. The number of rotatable bonds is 4. The third-order valence-corrected chi connectivity index (χ3v) is 3.06. The third-order valence-electron chi connectivity index (χ3n) is 3.06. The molecule has 7 nitrogen and oxygen atoms in total. The summed E-state index contributed by atoms with van der Waals surface area (Å²) >= 11 is 0. The fraction of sp³-hybridized carbons (Fsp3) is 0.308. The van der Waals surface area contributed by atoms with E-state index in [0.29, 0.717) is 17.1 Å². The second-order valence-corrected chi connectivity index (χ2v) is 4.69. The molecule has 0 saturated heterocycles. The van der Waals surface area contributed by atoms with Crippen LogP contribution < -0.4 is 16.6 Å². The van der Waals surface area contributed by atoms with Crippen molar-refractivity contribution in [3.05, 3.63) is 41.5 Å². The second kappa shape index (κ2) is 5.70. The number of aromatic nitrogens is 3. The fourth-order valence-corrected chi connectivity index (χ4v) is 1.99. The highest BCUT2D eigenvalue weighted by molar-refractivity contribution is 5.99. The molecule has 7 heteroatoms. The molecule has 0 bridgehead atoms. The molecule has 0 spiro atoms. The Balaban J connectivity index is 2.20. The number of anilines is 1. The van der Waals surface area contributed by atoms with Gasteiger partial charge in [0.15, 0.2) is 5.82 Å². The Morgan fingerprint density at radius 1 is 1.45 bits per heavy atom. The van der Waals surface area contributed by atoms with Gasteiger partial charge in [-0.05, 0) is 26.0 Å². The average molecular weight is 274 g/mol. The van der Waals surface area contributed by atoms with Crippen LogP contribution in [-0.4, -0.2) is 20.7 Å². The number of carbonyl (C=O) groups excluding carboxylic acids is 1. The Labute approximate surface area is 117 Å². The summed E-state index contributed by atoms with van der Waals surface area (Å²) in [5, 5.41) is 10.7. The van der Waals surface area contributed by atoms with Gasteiger partial charge in [0, 0.05) is 7.05 Å². The quantitative estimate of drug-likeness (QED) is 0.568. The number of nitrogen functional groups attached to an aromatic ring is 1. The van der Waals surface area contributed by atoms with Crippen LogP contribution in [0.25, 0.3) is 0 Å². The van der Waals surface area contributed by atoms with Gasteiger partial charge in [0.25, 0.3) is 5.91 Å². The van der Waals surface area contributed by atoms with Crippen LogP contribution in [0.1, 0.15) is 34.7 Å². The molecule has 0 radical (unpaired) electrons. The van der Waals surface area contributed by atoms with Crippen LogP contribution in [0, 0.1) is 6.92 Å². The maximum atomic E-state index is 12.3. The molecule has 1 amide bonds. The molecule has 2 aromatic rings. The lowest BCUT2D eigenvalue weighted by atomic mass is 10.1. The van der Waals surface area contributed by atoms with Gasteiger partial charge in [0.1, 0.15) is 6.33 Å². The zero-order chi connectivity index (χ0) is 14.7. The summed E-state index contributed by atoms with van der Waals surface area (Å²) in [7, 11) is 1.83. The van der Waals surface area contributed by atoms with Crippen LogP contribution in [0.5, 0.6) is 0 Å². The minimum absolute atomic E-state index is 0.211. The fourth-order valence-electron chi connectivity index (χ4n) is 1.99. The first-order valence-corrected chi connectivity index (χ1v) is 6.25. The van der Waals surface area contributed by atoms with Crippen molar-refractivity contribution in [1.82, 2.24) is 20.1 Å². The smallest absolute Gasteiger partial charge is 0.254 e. The molecule has 1 aromatic heterocycles. The van der Waals surface area contributed by atoms with Crippen molar-refractivity contribution < 1.29 is 4.79 Å². The monoisotopic (exact) mass is 274 g/mol. The summed E-state index contributed by atoms with van der Waals surface area (Å²) < 4.78 is 1.77. The Morgan fingerprint density at radius 3 is 2.80 bits per heavy atom. The van der Waals surface area contributed by atoms with E-state index in [1.165, 1.54) is 0 Å². The minimum Gasteiger partial charge on any atom is -0.342 e. The number of aryl methyl sites for hydroxylation is 2. The van der Waals surface area contributed by atoms with E-state index in [0.717, 1.165) is 5.56 Å². The molecule has 0 aliphatic heterocycles. The van der Waals surface area contributed by atoms with Crippen LogP contribution in [0.3, 0.4) is 0 Å². The topological polar surface area (TPSA) is 97.9 Å². The van der Waals surface area contributed by atoms with Gasteiger partial charge >= 0.3 is 0 Å². The van der Waals surface area contributed by atoms with Crippen molar-refractivity contribution in [3.8, 4) is 0 Å². The normalized spacial score (nSPS) is 12.0. The molecule has 1 heterocycles. The van der Waals surface area contributed by atoms with E-state index in [1.54, 1.807) is 23.0 Å². The first-order chi connectivity index (χ1) is 9.52. The van der Waals surface area contributed by atoms with Gasteiger partial charge in [-0.25, -0.2) is 0 Å². The maximum absolute atomic E-state index is 12.3. The van der Waals surface area contributed by atoms with Crippen LogP contribution in [0.15, 0.2) is 24.5 Å². The molecule has 0 saturated carbocycles. The Bertz CT molecular complexity index is 621. The number of nitrogens with one attached hydrogen (secondary N) is 2. The molecule has 0 aliphatic rings. The molecule has 1 unspecified atom stereocenters. The summed E-state index contributed by atoms with van der Waals surface area (Å²) in [6.07, 6.45) is 1.59. The molecule has 0 fully saturated rings. The van der Waals surface area contributed by atoms with Crippen LogP contribution >= 0.6 is 0 Å². The number of hydrogen-bond donors (Lipinski definition) is 3. The van der Waals surface area contributed by atoms with E-state index in [4.69, 9.17) is 5.84 Å². The molecule has 20 heavy (non-hydrogen) atoms. The lowest BCUT2D eigenvalue weighted by molar-refractivity contribution is 0.0938. The van der Waals surface area contributed by atoms with E-state index in [2.05, 4.69) is 20.9 Å². The predicted molar refractivity (Wildman–Crippen MR) is 75.9 cm³/mol. The van der Waals surface area contributed by atoms with Crippen LogP contribution in [0.4, 0.5) is 5.69 Å². The summed E-state index contributed by atoms with van der Waals surface area (Å²) in [4.78, 5) is 12.3.